The van der Waals surface area contributed by atoms with Crippen LogP contribution in [0.4, 0.5) is 4.39 Å². The van der Waals surface area contributed by atoms with Crippen molar-refractivity contribution < 1.29 is 4.39 Å². The minimum Gasteiger partial charge on any atom is -0.251 e. The van der Waals surface area contributed by atoms with E-state index in [1.165, 1.54) is 0 Å². The molecule has 0 amide bonds. The maximum atomic E-state index is 13.5. The molecule has 1 nitrogen and oxygen atoms in total. The number of para-hydroxylation sites is 1. The third kappa shape index (κ3) is 1.27. The number of rotatable bonds is 0. The fourth-order valence-corrected chi connectivity index (χ4v) is 1.41. The summed E-state index contributed by atoms with van der Waals surface area (Å²) < 4.78 is 13.5. The number of benzene rings is 1. The van der Waals surface area contributed by atoms with Crippen molar-refractivity contribution >= 4 is 22.5 Å². The maximum Gasteiger partial charge on any atom is 0.153 e. The van der Waals surface area contributed by atoms with Gasteiger partial charge in [0.25, 0.3) is 0 Å². The molecule has 3 heteroatoms. The summed E-state index contributed by atoms with van der Waals surface area (Å²) in [5.74, 6) is -0.384. The van der Waals surface area contributed by atoms with Crippen molar-refractivity contribution in [2.45, 2.75) is 6.92 Å². The van der Waals surface area contributed by atoms with Crippen LogP contribution in [0.3, 0.4) is 0 Å². The molecule has 0 fully saturated rings. The van der Waals surface area contributed by atoms with Crippen LogP contribution in [0.25, 0.3) is 10.9 Å². The van der Waals surface area contributed by atoms with E-state index in [0.717, 1.165) is 0 Å². The van der Waals surface area contributed by atoms with Crippen molar-refractivity contribution in [2.24, 2.45) is 0 Å². The summed E-state index contributed by atoms with van der Waals surface area (Å²) >= 11 is 5.72. The zero-order chi connectivity index (χ0) is 9.42. The Morgan fingerprint density at radius 1 is 1.31 bits per heavy atom. The molecule has 0 aliphatic carbocycles. The van der Waals surface area contributed by atoms with Crippen LogP contribution in [0, 0.1) is 12.7 Å². The summed E-state index contributed by atoms with van der Waals surface area (Å²) in [4.78, 5) is 4.16. The van der Waals surface area contributed by atoms with Gasteiger partial charge >= 0.3 is 0 Å². The Hall–Kier alpha value is -1.15. The van der Waals surface area contributed by atoms with Crippen LogP contribution in [0.15, 0.2) is 24.3 Å². The van der Waals surface area contributed by atoms with Crippen LogP contribution < -0.4 is 0 Å². The van der Waals surface area contributed by atoms with Crippen LogP contribution in [0.5, 0.6) is 0 Å². The number of aromatic nitrogens is 1. The van der Waals surface area contributed by atoms with Gasteiger partial charge in [0.05, 0.1) is 16.2 Å². The number of hydrogen-bond acceptors (Lipinski definition) is 1. The molecule has 13 heavy (non-hydrogen) atoms. The van der Waals surface area contributed by atoms with Crippen molar-refractivity contribution in [1.82, 2.24) is 4.98 Å². The van der Waals surface area contributed by atoms with E-state index in [1.54, 1.807) is 25.1 Å². The van der Waals surface area contributed by atoms with Crippen LogP contribution in [-0.2, 0) is 0 Å². The van der Waals surface area contributed by atoms with Gasteiger partial charge < -0.3 is 0 Å². The highest BCUT2D eigenvalue weighted by Gasteiger charge is 2.08. The van der Waals surface area contributed by atoms with Gasteiger partial charge in [0.2, 0.25) is 0 Å². The van der Waals surface area contributed by atoms with Crippen molar-refractivity contribution in [3.63, 3.8) is 0 Å². The van der Waals surface area contributed by atoms with Gasteiger partial charge in [-0.2, -0.15) is 0 Å². The summed E-state index contributed by atoms with van der Waals surface area (Å²) in [5.41, 5.74) is 1.17. The zero-order valence-corrected chi connectivity index (χ0v) is 7.77. The summed E-state index contributed by atoms with van der Waals surface area (Å²) in [6, 6.07) is 7.02. The number of halogens is 2. The average molecular weight is 196 g/mol. The second-order valence-corrected chi connectivity index (χ2v) is 3.22. The van der Waals surface area contributed by atoms with Gasteiger partial charge in [0, 0.05) is 5.39 Å². The standard InChI is InChI=1S/C10H7ClFN/c1-6-9(11)10(12)7-4-2-3-5-8(7)13-6/h2-5H,1H3. The molecule has 0 spiro atoms. The Kier molecular flexibility index (Phi) is 1.93. The lowest BCUT2D eigenvalue weighted by Crippen LogP contribution is -1.90. The van der Waals surface area contributed by atoms with Crippen LogP contribution in [-0.4, -0.2) is 4.98 Å². The van der Waals surface area contributed by atoms with Gasteiger partial charge in [-0.15, -0.1) is 0 Å². The summed E-state index contributed by atoms with van der Waals surface area (Å²) in [7, 11) is 0. The van der Waals surface area contributed by atoms with E-state index < -0.39 is 0 Å². The lowest BCUT2D eigenvalue weighted by atomic mass is 10.2. The van der Waals surface area contributed by atoms with E-state index in [0.29, 0.717) is 16.6 Å². The van der Waals surface area contributed by atoms with E-state index in [4.69, 9.17) is 11.6 Å². The predicted molar refractivity (Wildman–Crippen MR) is 51.4 cm³/mol. The number of fused-ring (bicyclic) bond motifs is 1. The van der Waals surface area contributed by atoms with Crippen LogP contribution in [0.1, 0.15) is 5.69 Å². The van der Waals surface area contributed by atoms with Gasteiger partial charge in [-0.05, 0) is 19.1 Å². The average Bonchev–Trinajstić information content (AvgIpc) is 2.15. The van der Waals surface area contributed by atoms with Crippen LogP contribution in [0.2, 0.25) is 5.02 Å². The molecule has 0 unspecified atom stereocenters. The van der Waals surface area contributed by atoms with Crippen molar-refractivity contribution in [2.75, 3.05) is 0 Å². The molecule has 0 aliphatic rings. The topological polar surface area (TPSA) is 12.9 Å². The molecule has 0 N–H and O–H groups in total. The van der Waals surface area contributed by atoms with Crippen LogP contribution >= 0.6 is 11.6 Å². The van der Waals surface area contributed by atoms with Gasteiger partial charge in [0.15, 0.2) is 5.82 Å². The Morgan fingerprint density at radius 3 is 2.77 bits per heavy atom. The number of aryl methyl sites for hydroxylation is 1. The van der Waals surface area contributed by atoms with Gasteiger partial charge in [-0.1, -0.05) is 23.7 Å². The summed E-state index contributed by atoms with van der Waals surface area (Å²) in [6.07, 6.45) is 0. The number of nitrogens with zero attached hydrogens (tertiary/aromatic N) is 1. The molecular formula is C10H7ClFN. The van der Waals surface area contributed by atoms with Crippen molar-refractivity contribution in [3.05, 3.63) is 40.8 Å². The third-order valence-electron chi connectivity index (χ3n) is 1.94. The molecule has 2 aromatic rings. The molecule has 66 valence electrons. The first-order valence-corrected chi connectivity index (χ1v) is 4.28. The lowest BCUT2D eigenvalue weighted by Gasteiger charge is -2.02. The molecule has 2 rings (SSSR count). The second kappa shape index (κ2) is 2.96. The normalized spacial score (nSPS) is 10.7. The molecule has 0 bridgehead atoms. The lowest BCUT2D eigenvalue weighted by molar-refractivity contribution is 0.637. The monoisotopic (exact) mass is 195 g/mol. The van der Waals surface area contributed by atoms with Gasteiger partial charge in [-0.3, -0.25) is 4.98 Å². The van der Waals surface area contributed by atoms with E-state index >= 15 is 0 Å². The molecule has 1 aromatic carbocycles. The van der Waals surface area contributed by atoms with E-state index in [-0.39, 0.29) is 10.8 Å². The third-order valence-corrected chi connectivity index (χ3v) is 2.38. The second-order valence-electron chi connectivity index (χ2n) is 2.84. The van der Waals surface area contributed by atoms with Gasteiger partial charge in [0.1, 0.15) is 0 Å². The smallest absolute Gasteiger partial charge is 0.153 e. The van der Waals surface area contributed by atoms with Crippen molar-refractivity contribution in [3.8, 4) is 0 Å². The molecule has 0 saturated carbocycles. The first-order chi connectivity index (χ1) is 6.20. The first-order valence-electron chi connectivity index (χ1n) is 3.90. The number of hydrogen-bond donors (Lipinski definition) is 0. The Balaban J connectivity index is 2.94. The molecule has 0 saturated heterocycles. The molecule has 0 radical (unpaired) electrons. The number of pyridine rings is 1. The van der Waals surface area contributed by atoms with Gasteiger partial charge in [-0.25, -0.2) is 4.39 Å². The quantitative estimate of drug-likeness (QED) is 0.628. The minimum atomic E-state index is -0.384. The zero-order valence-electron chi connectivity index (χ0n) is 7.01. The predicted octanol–water partition coefficient (Wildman–Crippen LogP) is 3.34. The highest BCUT2D eigenvalue weighted by molar-refractivity contribution is 6.32. The molecule has 0 aliphatic heterocycles. The maximum absolute atomic E-state index is 13.5. The summed E-state index contributed by atoms with van der Waals surface area (Å²) in [5, 5.41) is 0.580. The highest BCUT2D eigenvalue weighted by atomic mass is 35.5. The van der Waals surface area contributed by atoms with E-state index in [9.17, 15) is 4.39 Å². The Morgan fingerprint density at radius 2 is 2.00 bits per heavy atom. The highest BCUT2D eigenvalue weighted by Crippen LogP contribution is 2.24. The van der Waals surface area contributed by atoms with Crippen molar-refractivity contribution in [1.29, 1.82) is 0 Å². The molecule has 1 aromatic heterocycles. The fraction of sp³-hybridized carbons (Fsp3) is 0.100. The first kappa shape index (κ1) is 8.45. The molecular weight excluding hydrogens is 189 g/mol. The SMILES string of the molecule is Cc1nc2ccccc2c(F)c1Cl. The Labute approximate surface area is 80.2 Å². The van der Waals surface area contributed by atoms with E-state index in [2.05, 4.69) is 4.98 Å². The van der Waals surface area contributed by atoms with E-state index in [1.807, 2.05) is 6.07 Å². The fourth-order valence-electron chi connectivity index (χ4n) is 1.26. The largest absolute Gasteiger partial charge is 0.251 e. The molecule has 0 atom stereocenters. The minimum absolute atomic E-state index is 0.110. The summed E-state index contributed by atoms with van der Waals surface area (Å²) in [6.45, 7) is 1.69. The molecule has 1 heterocycles. The Bertz CT molecular complexity index is 468.